The molecule has 0 radical (unpaired) electrons. The van der Waals surface area contributed by atoms with E-state index in [1.807, 2.05) is 32.0 Å². The van der Waals surface area contributed by atoms with E-state index in [2.05, 4.69) is 26.9 Å². The first-order chi connectivity index (χ1) is 10.2. The Labute approximate surface area is 124 Å². The van der Waals surface area contributed by atoms with Gasteiger partial charge in [-0.3, -0.25) is 0 Å². The average molecular weight is 290 g/mol. The van der Waals surface area contributed by atoms with Crippen LogP contribution in [0.1, 0.15) is 31.3 Å². The third-order valence-corrected chi connectivity index (χ3v) is 3.15. The van der Waals surface area contributed by atoms with E-state index in [1.165, 1.54) is 5.56 Å². The first-order valence-electron chi connectivity index (χ1n) is 7.16. The molecule has 0 aliphatic heterocycles. The number of anilines is 1. The van der Waals surface area contributed by atoms with E-state index in [-0.39, 0.29) is 6.04 Å². The van der Waals surface area contributed by atoms with Crippen molar-refractivity contribution < 1.29 is 9.15 Å². The molecule has 114 valence electrons. The van der Waals surface area contributed by atoms with Gasteiger partial charge in [0.1, 0.15) is 5.75 Å². The zero-order valence-corrected chi connectivity index (χ0v) is 12.7. The Kier molecular flexibility index (Phi) is 5.57. The zero-order valence-electron chi connectivity index (χ0n) is 12.7. The highest BCUT2D eigenvalue weighted by atomic mass is 16.5. The smallest absolute Gasteiger partial charge is 0.315 e. The number of nitrogens with one attached hydrogen (secondary N) is 2. The van der Waals surface area contributed by atoms with E-state index >= 15 is 0 Å². The van der Waals surface area contributed by atoms with Crippen molar-refractivity contribution in [1.82, 2.24) is 15.5 Å². The summed E-state index contributed by atoms with van der Waals surface area (Å²) in [5, 5.41) is 14.4. The highest BCUT2D eigenvalue weighted by Crippen LogP contribution is 2.15. The standard InChI is InChI=1S/C15H22N4O2/c1-4-16-11(2)14-18-19-15(21-14)17-9-8-12-6-5-7-13(10-12)20-3/h5-7,10-11,16H,4,8-9H2,1-3H3,(H,17,19). The lowest BCUT2D eigenvalue weighted by Crippen LogP contribution is -2.17. The molecular weight excluding hydrogens is 268 g/mol. The van der Waals surface area contributed by atoms with Gasteiger partial charge in [-0.2, -0.15) is 0 Å². The SMILES string of the molecule is CCNC(C)c1nnc(NCCc2cccc(OC)c2)o1. The summed E-state index contributed by atoms with van der Waals surface area (Å²) in [4.78, 5) is 0. The van der Waals surface area contributed by atoms with Crippen molar-refractivity contribution in [3.8, 4) is 5.75 Å². The molecule has 0 saturated carbocycles. The number of nitrogens with zero attached hydrogens (tertiary/aromatic N) is 2. The summed E-state index contributed by atoms with van der Waals surface area (Å²) in [7, 11) is 1.67. The largest absolute Gasteiger partial charge is 0.497 e. The van der Waals surface area contributed by atoms with Gasteiger partial charge in [-0.15, -0.1) is 5.10 Å². The lowest BCUT2D eigenvalue weighted by molar-refractivity contribution is 0.414. The number of aromatic nitrogens is 2. The van der Waals surface area contributed by atoms with E-state index in [0.29, 0.717) is 11.9 Å². The van der Waals surface area contributed by atoms with Crippen LogP contribution in [0.3, 0.4) is 0 Å². The van der Waals surface area contributed by atoms with Crippen LogP contribution in [0.5, 0.6) is 5.75 Å². The normalized spacial score (nSPS) is 12.1. The van der Waals surface area contributed by atoms with Crippen LogP contribution in [0.4, 0.5) is 6.01 Å². The van der Waals surface area contributed by atoms with Crippen molar-refractivity contribution in [2.24, 2.45) is 0 Å². The lowest BCUT2D eigenvalue weighted by Gasteiger charge is -2.06. The minimum absolute atomic E-state index is 0.0661. The second-order valence-electron chi connectivity index (χ2n) is 4.75. The van der Waals surface area contributed by atoms with Crippen LogP contribution in [-0.4, -0.2) is 30.4 Å². The van der Waals surface area contributed by atoms with Gasteiger partial charge >= 0.3 is 6.01 Å². The molecule has 0 amide bonds. The summed E-state index contributed by atoms with van der Waals surface area (Å²) in [6, 6.07) is 8.53. The van der Waals surface area contributed by atoms with Crippen LogP contribution in [0.15, 0.2) is 28.7 Å². The molecule has 2 aromatic rings. The predicted octanol–water partition coefficient (Wildman–Crippen LogP) is 2.40. The molecule has 1 unspecified atom stereocenters. The Morgan fingerprint density at radius 3 is 2.95 bits per heavy atom. The fourth-order valence-electron chi connectivity index (χ4n) is 2.02. The van der Waals surface area contributed by atoms with Crippen molar-refractivity contribution in [3.63, 3.8) is 0 Å². The highest BCUT2D eigenvalue weighted by molar-refractivity contribution is 5.29. The van der Waals surface area contributed by atoms with E-state index in [4.69, 9.17) is 9.15 Å². The molecule has 2 rings (SSSR count). The highest BCUT2D eigenvalue weighted by Gasteiger charge is 2.12. The van der Waals surface area contributed by atoms with Gasteiger partial charge in [0.25, 0.3) is 0 Å². The molecule has 6 nitrogen and oxygen atoms in total. The van der Waals surface area contributed by atoms with Crippen molar-refractivity contribution in [2.45, 2.75) is 26.3 Å². The number of hydrogen-bond donors (Lipinski definition) is 2. The van der Waals surface area contributed by atoms with Crippen LogP contribution < -0.4 is 15.4 Å². The van der Waals surface area contributed by atoms with E-state index in [9.17, 15) is 0 Å². The first-order valence-corrected chi connectivity index (χ1v) is 7.16. The van der Waals surface area contributed by atoms with Crippen molar-refractivity contribution >= 4 is 6.01 Å². The summed E-state index contributed by atoms with van der Waals surface area (Å²) >= 11 is 0. The minimum atomic E-state index is 0.0661. The van der Waals surface area contributed by atoms with Crippen molar-refractivity contribution in [3.05, 3.63) is 35.7 Å². The number of benzene rings is 1. The Bertz CT molecular complexity index is 556. The molecule has 0 saturated heterocycles. The molecule has 1 aromatic heterocycles. The average Bonchev–Trinajstić information content (AvgIpc) is 2.97. The molecule has 21 heavy (non-hydrogen) atoms. The molecule has 1 heterocycles. The van der Waals surface area contributed by atoms with Gasteiger partial charge in [-0.05, 0) is 37.6 Å². The Hall–Kier alpha value is -2.08. The van der Waals surface area contributed by atoms with Gasteiger partial charge in [0, 0.05) is 6.54 Å². The predicted molar refractivity (Wildman–Crippen MR) is 81.6 cm³/mol. The summed E-state index contributed by atoms with van der Waals surface area (Å²) in [6.07, 6.45) is 0.859. The molecule has 0 aliphatic carbocycles. The fourth-order valence-corrected chi connectivity index (χ4v) is 2.02. The zero-order chi connectivity index (χ0) is 15.1. The first kappa shape index (κ1) is 15.3. The van der Waals surface area contributed by atoms with Gasteiger partial charge in [0.05, 0.1) is 13.2 Å². The van der Waals surface area contributed by atoms with Gasteiger partial charge in [0.15, 0.2) is 0 Å². The van der Waals surface area contributed by atoms with Gasteiger partial charge < -0.3 is 19.8 Å². The van der Waals surface area contributed by atoms with E-state index < -0.39 is 0 Å². The summed E-state index contributed by atoms with van der Waals surface area (Å²) < 4.78 is 10.8. The van der Waals surface area contributed by atoms with Gasteiger partial charge in [0.2, 0.25) is 5.89 Å². The molecule has 0 aliphatic rings. The second-order valence-corrected chi connectivity index (χ2v) is 4.75. The van der Waals surface area contributed by atoms with Gasteiger partial charge in [-0.25, -0.2) is 0 Å². The monoisotopic (exact) mass is 290 g/mol. The molecule has 0 bridgehead atoms. The van der Waals surface area contributed by atoms with Crippen molar-refractivity contribution in [1.29, 1.82) is 0 Å². The molecule has 2 N–H and O–H groups in total. The fraction of sp³-hybridized carbons (Fsp3) is 0.467. The molecule has 1 aromatic carbocycles. The number of rotatable bonds is 8. The van der Waals surface area contributed by atoms with Gasteiger partial charge in [-0.1, -0.05) is 24.2 Å². The number of methoxy groups -OCH3 is 1. The number of ether oxygens (including phenoxy) is 1. The van der Waals surface area contributed by atoms with Crippen LogP contribution in [-0.2, 0) is 6.42 Å². The Morgan fingerprint density at radius 2 is 2.19 bits per heavy atom. The topological polar surface area (TPSA) is 72.2 Å². The maximum absolute atomic E-state index is 5.56. The third-order valence-electron chi connectivity index (χ3n) is 3.15. The Morgan fingerprint density at radius 1 is 1.33 bits per heavy atom. The molecular formula is C15H22N4O2. The second kappa shape index (κ2) is 7.64. The third kappa shape index (κ3) is 4.46. The summed E-state index contributed by atoms with van der Waals surface area (Å²) in [5.74, 6) is 1.47. The lowest BCUT2D eigenvalue weighted by atomic mass is 10.1. The van der Waals surface area contributed by atoms with Crippen LogP contribution in [0, 0.1) is 0 Å². The molecule has 1 atom stereocenters. The molecule has 0 spiro atoms. The van der Waals surface area contributed by atoms with E-state index in [1.54, 1.807) is 7.11 Å². The molecule has 6 heteroatoms. The Balaban J connectivity index is 1.83. The van der Waals surface area contributed by atoms with Crippen LogP contribution in [0.2, 0.25) is 0 Å². The number of hydrogen-bond acceptors (Lipinski definition) is 6. The maximum Gasteiger partial charge on any atom is 0.315 e. The van der Waals surface area contributed by atoms with E-state index in [0.717, 1.165) is 25.3 Å². The molecule has 0 fully saturated rings. The minimum Gasteiger partial charge on any atom is -0.497 e. The summed E-state index contributed by atoms with van der Waals surface area (Å²) in [6.45, 7) is 5.63. The van der Waals surface area contributed by atoms with Crippen LogP contribution in [0.25, 0.3) is 0 Å². The van der Waals surface area contributed by atoms with Crippen LogP contribution >= 0.6 is 0 Å². The quantitative estimate of drug-likeness (QED) is 0.778. The summed E-state index contributed by atoms with van der Waals surface area (Å²) in [5.41, 5.74) is 1.20. The maximum atomic E-state index is 5.56. The van der Waals surface area contributed by atoms with Crippen molar-refractivity contribution in [2.75, 3.05) is 25.5 Å².